The van der Waals surface area contributed by atoms with Crippen molar-refractivity contribution in [2.24, 2.45) is 0 Å². The van der Waals surface area contributed by atoms with E-state index in [-0.39, 0.29) is 0 Å². The van der Waals surface area contributed by atoms with Crippen LogP contribution in [0.25, 0.3) is 33.5 Å². The first-order chi connectivity index (χ1) is 20.8. The van der Waals surface area contributed by atoms with Crippen LogP contribution in [0.4, 0.5) is 4.79 Å². The molecule has 1 N–H and O–H groups in total. The number of rotatable bonds is 8. The molecular weight excluding hydrogens is 536 g/mol. The third kappa shape index (κ3) is 5.55. The summed E-state index contributed by atoms with van der Waals surface area (Å²) in [6.07, 6.45) is 6.08. The van der Waals surface area contributed by atoms with Crippen molar-refractivity contribution in [3.8, 4) is 28.3 Å². The molecule has 1 aliphatic rings. The van der Waals surface area contributed by atoms with Gasteiger partial charge in [-0.3, -0.25) is 9.88 Å². The quantitative estimate of drug-likeness (QED) is 0.202. The van der Waals surface area contributed by atoms with Crippen molar-refractivity contribution in [2.45, 2.75) is 57.5 Å². The van der Waals surface area contributed by atoms with Crippen LogP contribution in [0.5, 0.6) is 5.75 Å². The van der Waals surface area contributed by atoms with Crippen molar-refractivity contribution < 1.29 is 14.6 Å². The second-order valence-corrected chi connectivity index (χ2v) is 12.1. The van der Waals surface area contributed by atoms with Gasteiger partial charge in [0.05, 0.1) is 29.1 Å². The molecule has 0 saturated heterocycles. The van der Waals surface area contributed by atoms with E-state index in [0.29, 0.717) is 17.9 Å². The first-order valence-corrected chi connectivity index (χ1v) is 14.8. The molecule has 0 radical (unpaired) electrons. The number of ether oxygens (including phenoxy) is 1. The predicted molar refractivity (Wildman–Crippen MR) is 169 cm³/mol. The summed E-state index contributed by atoms with van der Waals surface area (Å²) in [5.41, 5.74) is 6.02. The molecule has 7 nitrogen and oxygen atoms in total. The van der Waals surface area contributed by atoms with Crippen molar-refractivity contribution in [1.82, 2.24) is 19.9 Å². The SMILES string of the molecule is CC(C)(C)N(C(=O)O)C1(c2ccc(-c3nc4cccc(OCCc5ccncc5)c4nc3-c3ccccc3)cc2)CCC1. The summed E-state index contributed by atoms with van der Waals surface area (Å²) in [6, 6.07) is 28.1. The second kappa shape index (κ2) is 11.5. The lowest BCUT2D eigenvalue weighted by atomic mass is 9.69. The molecule has 218 valence electrons. The molecule has 1 fully saturated rings. The van der Waals surface area contributed by atoms with Crippen LogP contribution in [0.3, 0.4) is 0 Å². The molecular formula is C36H36N4O3. The molecule has 5 aromatic rings. The van der Waals surface area contributed by atoms with E-state index < -0.39 is 17.2 Å². The second-order valence-electron chi connectivity index (χ2n) is 12.1. The zero-order valence-corrected chi connectivity index (χ0v) is 24.8. The number of fused-ring (bicyclic) bond motifs is 1. The Morgan fingerprint density at radius 1 is 0.860 bits per heavy atom. The van der Waals surface area contributed by atoms with E-state index in [1.807, 2.05) is 81.4 Å². The molecule has 0 unspecified atom stereocenters. The number of benzene rings is 3. The maximum absolute atomic E-state index is 12.4. The fourth-order valence-electron chi connectivity index (χ4n) is 6.20. The van der Waals surface area contributed by atoms with Crippen LogP contribution in [0.2, 0.25) is 0 Å². The van der Waals surface area contributed by atoms with E-state index >= 15 is 0 Å². The van der Waals surface area contributed by atoms with E-state index in [1.54, 1.807) is 17.3 Å². The predicted octanol–water partition coefficient (Wildman–Crippen LogP) is 8.14. The number of carboxylic acid groups (broad SMARTS) is 1. The Labute approximate surface area is 252 Å². The summed E-state index contributed by atoms with van der Waals surface area (Å²) in [7, 11) is 0. The van der Waals surface area contributed by atoms with Crippen LogP contribution in [0.1, 0.15) is 51.2 Å². The summed E-state index contributed by atoms with van der Waals surface area (Å²) in [4.78, 5) is 28.4. The van der Waals surface area contributed by atoms with Gasteiger partial charge in [0.25, 0.3) is 0 Å². The Balaban J connectivity index is 1.38. The lowest BCUT2D eigenvalue weighted by Crippen LogP contribution is -2.60. The molecule has 0 bridgehead atoms. The number of carbonyl (C=O) groups is 1. The number of pyridine rings is 1. The van der Waals surface area contributed by atoms with Gasteiger partial charge in [-0.25, -0.2) is 14.8 Å². The first-order valence-electron chi connectivity index (χ1n) is 14.8. The highest BCUT2D eigenvalue weighted by Gasteiger charge is 2.50. The van der Waals surface area contributed by atoms with Gasteiger partial charge < -0.3 is 9.84 Å². The lowest BCUT2D eigenvalue weighted by molar-refractivity contribution is -0.0328. The summed E-state index contributed by atoms with van der Waals surface area (Å²) in [6.45, 7) is 6.40. The number of hydrogen-bond acceptors (Lipinski definition) is 5. The molecule has 2 aromatic heterocycles. The standard InChI is InChI=1S/C36H36N4O3/c1-35(2,3)40(34(41)42)36(20-8-21-36)28-15-13-27(14-16-28)31-32(26-9-5-4-6-10-26)39-33-29(38-31)11-7-12-30(33)43-24-19-25-17-22-37-23-18-25/h4-7,9-18,22-23H,8,19-21,24H2,1-3H3,(H,41,42). The van der Waals surface area contributed by atoms with Gasteiger partial charge in [-0.15, -0.1) is 0 Å². The summed E-state index contributed by atoms with van der Waals surface area (Å²) in [5, 5.41) is 10.2. The van der Waals surface area contributed by atoms with Gasteiger partial charge in [-0.2, -0.15) is 0 Å². The average molecular weight is 573 g/mol. The smallest absolute Gasteiger partial charge is 0.408 e. The molecule has 1 aliphatic carbocycles. The third-order valence-electron chi connectivity index (χ3n) is 8.27. The fourth-order valence-corrected chi connectivity index (χ4v) is 6.20. The monoisotopic (exact) mass is 572 g/mol. The Bertz CT molecular complexity index is 1730. The Morgan fingerprint density at radius 2 is 1.53 bits per heavy atom. The number of aromatic nitrogens is 3. The summed E-state index contributed by atoms with van der Waals surface area (Å²) in [5.74, 6) is 0.695. The van der Waals surface area contributed by atoms with Crippen LogP contribution in [0, 0.1) is 0 Å². The van der Waals surface area contributed by atoms with Gasteiger partial charge in [0.2, 0.25) is 0 Å². The fraction of sp³-hybridized carbons (Fsp3) is 0.278. The largest absolute Gasteiger partial charge is 0.491 e. The molecule has 7 heteroatoms. The zero-order chi connectivity index (χ0) is 30.0. The van der Waals surface area contributed by atoms with Crippen LogP contribution >= 0.6 is 0 Å². The van der Waals surface area contributed by atoms with E-state index in [4.69, 9.17) is 14.7 Å². The maximum Gasteiger partial charge on any atom is 0.408 e. The molecule has 0 atom stereocenters. The lowest BCUT2D eigenvalue weighted by Gasteiger charge is -2.54. The molecule has 6 rings (SSSR count). The van der Waals surface area contributed by atoms with Gasteiger partial charge >= 0.3 is 6.09 Å². The number of amides is 1. The van der Waals surface area contributed by atoms with Crippen molar-refractivity contribution in [2.75, 3.05) is 6.61 Å². The average Bonchev–Trinajstić information content (AvgIpc) is 2.98. The highest BCUT2D eigenvalue weighted by molar-refractivity contribution is 5.89. The Kier molecular flexibility index (Phi) is 7.57. The number of para-hydroxylation sites is 1. The van der Waals surface area contributed by atoms with Gasteiger partial charge in [0.1, 0.15) is 11.3 Å². The summed E-state index contributed by atoms with van der Waals surface area (Å²) >= 11 is 0. The van der Waals surface area contributed by atoms with Crippen LogP contribution in [-0.4, -0.2) is 43.2 Å². The minimum Gasteiger partial charge on any atom is -0.491 e. The van der Waals surface area contributed by atoms with E-state index in [1.165, 1.54) is 0 Å². The van der Waals surface area contributed by atoms with Crippen molar-refractivity contribution in [1.29, 1.82) is 0 Å². The molecule has 1 amide bonds. The van der Waals surface area contributed by atoms with Crippen LogP contribution in [0.15, 0.2) is 97.3 Å². The molecule has 0 spiro atoms. The molecule has 2 heterocycles. The third-order valence-corrected chi connectivity index (χ3v) is 8.27. The van der Waals surface area contributed by atoms with Crippen molar-refractivity contribution in [3.05, 3.63) is 108 Å². The summed E-state index contributed by atoms with van der Waals surface area (Å²) < 4.78 is 6.23. The zero-order valence-electron chi connectivity index (χ0n) is 24.8. The minimum atomic E-state index is -0.887. The highest BCUT2D eigenvalue weighted by Crippen LogP contribution is 2.49. The van der Waals surface area contributed by atoms with E-state index in [0.717, 1.165) is 64.8 Å². The minimum absolute atomic E-state index is 0.512. The van der Waals surface area contributed by atoms with Crippen LogP contribution < -0.4 is 4.74 Å². The van der Waals surface area contributed by atoms with E-state index in [2.05, 4.69) is 29.2 Å². The van der Waals surface area contributed by atoms with Crippen LogP contribution in [-0.2, 0) is 12.0 Å². The van der Waals surface area contributed by atoms with Gasteiger partial charge in [0, 0.05) is 35.5 Å². The normalized spacial score (nSPS) is 14.2. The molecule has 1 saturated carbocycles. The first kappa shape index (κ1) is 28.3. The van der Waals surface area contributed by atoms with Crippen molar-refractivity contribution >= 4 is 17.1 Å². The number of nitrogens with zero attached hydrogens (tertiary/aromatic N) is 4. The van der Waals surface area contributed by atoms with E-state index in [9.17, 15) is 9.90 Å². The van der Waals surface area contributed by atoms with Crippen molar-refractivity contribution in [3.63, 3.8) is 0 Å². The molecule has 43 heavy (non-hydrogen) atoms. The Hall–Kier alpha value is -4.78. The van der Waals surface area contributed by atoms with Gasteiger partial charge in [-0.05, 0) is 75.4 Å². The Morgan fingerprint density at radius 3 is 2.16 bits per heavy atom. The number of hydrogen-bond donors (Lipinski definition) is 1. The van der Waals surface area contributed by atoms with Gasteiger partial charge in [-0.1, -0.05) is 60.7 Å². The van der Waals surface area contributed by atoms with Gasteiger partial charge in [0.15, 0.2) is 0 Å². The molecule has 0 aliphatic heterocycles. The topological polar surface area (TPSA) is 88.4 Å². The molecule has 3 aromatic carbocycles. The highest BCUT2D eigenvalue weighted by atomic mass is 16.5. The maximum atomic E-state index is 12.4.